The molecule has 2 heterocycles. The van der Waals surface area contributed by atoms with Crippen LogP contribution in [0.5, 0.6) is 0 Å². The Labute approximate surface area is 123 Å². The smallest absolute Gasteiger partial charge is 0.112 e. The lowest BCUT2D eigenvalue weighted by atomic mass is 9.97. The van der Waals surface area contributed by atoms with Crippen molar-refractivity contribution >= 4 is 0 Å². The Kier molecular flexibility index (Phi) is 5.61. The highest BCUT2D eigenvalue weighted by molar-refractivity contribution is 5.12. The van der Waals surface area contributed by atoms with E-state index in [1.54, 1.807) is 0 Å². The molecule has 0 saturated carbocycles. The van der Waals surface area contributed by atoms with Gasteiger partial charge >= 0.3 is 0 Å². The second-order valence-corrected chi connectivity index (χ2v) is 6.51. The molecule has 4 nitrogen and oxygen atoms in total. The van der Waals surface area contributed by atoms with Crippen LogP contribution >= 0.6 is 0 Å². The minimum atomic E-state index is 0.509. The van der Waals surface area contributed by atoms with Crippen LogP contribution in [0.1, 0.15) is 63.9 Å². The van der Waals surface area contributed by atoms with Crippen LogP contribution in [0.3, 0.4) is 0 Å². The fourth-order valence-corrected chi connectivity index (χ4v) is 2.79. The third-order valence-electron chi connectivity index (χ3n) is 4.03. The largest absolute Gasteiger partial charge is 0.333 e. The van der Waals surface area contributed by atoms with Gasteiger partial charge in [0.25, 0.3) is 0 Å². The fraction of sp³-hybridized carbons (Fsp3) is 0.812. The van der Waals surface area contributed by atoms with Gasteiger partial charge in [-0.25, -0.2) is 4.98 Å². The summed E-state index contributed by atoms with van der Waals surface area (Å²) in [4.78, 5) is 4.94. The molecule has 1 saturated heterocycles. The van der Waals surface area contributed by atoms with Crippen LogP contribution in [0, 0.1) is 0 Å². The first-order valence-electron chi connectivity index (χ1n) is 8.09. The minimum Gasteiger partial charge on any atom is -0.333 e. The van der Waals surface area contributed by atoms with Gasteiger partial charge in [-0.15, -0.1) is 0 Å². The summed E-state index contributed by atoms with van der Waals surface area (Å²) in [7, 11) is 0. The van der Waals surface area contributed by atoms with E-state index in [1.807, 2.05) is 0 Å². The molecule has 1 aromatic rings. The number of piperidine rings is 1. The molecule has 0 amide bonds. The van der Waals surface area contributed by atoms with E-state index in [1.165, 1.54) is 24.4 Å². The zero-order valence-electron chi connectivity index (χ0n) is 13.4. The van der Waals surface area contributed by atoms with Crippen LogP contribution in [0.15, 0.2) is 6.20 Å². The first-order chi connectivity index (χ1) is 9.58. The van der Waals surface area contributed by atoms with Gasteiger partial charge in [-0.05, 0) is 31.8 Å². The number of hydrogen-bond donors (Lipinski definition) is 2. The second-order valence-electron chi connectivity index (χ2n) is 6.51. The van der Waals surface area contributed by atoms with Crippen molar-refractivity contribution in [2.75, 3.05) is 19.6 Å². The first kappa shape index (κ1) is 15.5. The van der Waals surface area contributed by atoms with E-state index in [4.69, 9.17) is 4.98 Å². The SMILES string of the molecule is CC(C)NCCn1cc(C(C)C)nc1C1CCNCC1. The lowest BCUT2D eigenvalue weighted by Gasteiger charge is -2.23. The summed E-state index contributed by atoms with van der Waals surface area (Å²) in [6.45, 7) is 13.1. The van der Waals surface area contributed by atoms with Crippen LogP contribution in [0.4, 0.5) is 0 Å². The molecule has 2 rings (SSSR count). The minimum absolute atomic E-state index is 0.509. The molecule has 20 heavy (non-hydrogen) atoms. The molecular weight excluding hydrogens is 248 g/mol. The number of aromatic nitrogens is 2. The third kappa shape index (κ3) is 4.06. The number of imidazole rings is 1. The molecule has 0 unspecified atom stereocenters. The van der Waals surface area contributed by atoms with E-state index in [0.29, 0.717) is 17.9 Å². The van der Waals surface area contributed by atoms with E-state index in [2.05, 4.69) is 49.1 Å². The van der Waals surface area contributed by atoms with Crippen molar-refractivity contribution in [3.05, 3.63) is 17.7 Å². The molecule has 0 spiro atoms. The lowest BCUT2D eigenvalue weighted by Crippen LogP contribution is -2.30. The standard InChI is InChI=1S/C16H30N4/c1-12(2)15-11-20(10-9-18-13(3)4)16(19-15)14-5-7-17-8-6-14/h11-14,17-18H,5-10H2,1-4H3. The molecule has 4 heteroatoms. The predicted octanol–water partition coefficient (Wildman–Crippen LogP) is 2.47. The second kappa shape index (κ2) is 7.23. The number of rotatable bonds is 6. The Balaban J connectivity index is 2.10. The van der Waals surface area contributed by atoms with Crippen molar-refractivity contribution in [3.8, 4) is 0 Å². The quantitative estimate of drug-likeness (QED) is 0.840. The maximum atomic E-state index is 4.94. The molecular formula is C16H30N4. The van der Waals surface area contributed by atoms with E-state index in [-0.39, 0.29) is 0 Å². The van der Waals surface area contributed by atoms with E-state index < -0.39 is 0 Å². The van der Waals surface area contributed by atoms with Crippen LogP contribution in [0.25, 0.3) is 0 Å². The van der Waals surface area contributed by atoms with Crippen molar-refractivity contribution in [2.45, 2.75) is 65.0 Å². The highest BCUT2D eigenvalue weighted by atomic mass is 15.1. The van der Waals surface area contributed by atoms with Crippen LogP contribution < -0.4 is 10.6 Å². The van der Waals surface area contributed by atoms with Gasteiger partial charge in [-0.3, -0.25) is 0 Å². The van der Waals surface area contributed by atoms with Gasteiger partial charge < -0.3 is 15.2 Å². The van der Waals surface area contributed by atoms with E-state index in [0.717, 1.165) is 26.2 Å². The van der Waals surface area contributed by atoms with Gasteiger partial charge in [0, 0.05) is 31.2 Å². The maximum Gasteiger partial charge on any atom is 0.112 e. The molecule has 1 fully saturated rings. The van der Waals surface area contributed by atoms with E-state index in [9.17, 15) is 0 Å². The van der Waals surface area contributed by atoms with Crippen molar-refractivity contribution in [1.82, 2.24) is 20.2 Å². The lowest BCUT2D eigenvalue weighted by molar-refractivity contribution is 0.425. The molecule has 2 N–H and O–H groups in total. The average Bonchev–Trinajstić information content (AvgIpc) is 2.84. The van der Waals surface area contributed by atoms with Gasteiger partial charge in [0.05, 0.1) is 5.69 Å². The van der Waals surface area contributed by atoms with Crippen molar-refractivity contribution in [2.24, 2.45) is 0 Å². The first-order valence-corrected chi connectivity index (χ1v) is 8.09. The van der Waals surface area contributed by atoms with Crippen LogP contribution in [0.2, 0.25) is 0 Å². The van der Waals surface area contributed by atoms with Gasteiger partial charge in [-0.1, -0.05) is 27.7 Å². The molecule has 0 radical (unpaired) electrons. The van der Waals surface area contributed by atoms with Crippen LogP contribution in [-0.4, -0.2) is 35.2 Å². The van der Waals surface area contributed by atoms with Crippen molar-refractivity contribution < 1.29 is 0 Å². The molecule has 0 bridgehead atoms. The average molecular weight is 278 g/mol. The Bertz CT molecular complexity index is 403. The fourth-order valence-electron chi connectivity index (χ4n) is 2.79. The van der Waals surface area contributed by atoms with Gasteiger partial charge in [0.15, 0.2) is 0 Å². The van der Waals surface area contributed by atoms with Crippen LogP contribution in [-0.2, 0) is 6.54 Å². The summed E-state index contributed by atoms with van der Waals surface area (Å²) in [6, 6.07) is 0.547. The number of nitrogens with zero attached hydrogens (tertiary/aromatic N) is 2. The highest BCUT2D eigenvalue weighted by Crippen LogP contribution is 2.26. The molecule has 1 aliphatic rings. The van der Waals surface area contributed by atoms with Crippen molar-refractivity contribution in [1.29, 1.82) is 0 Å². The molecule has 114 valence electrons. The van der Waals surface area contributed by atoms with Gasteiger partial charge in [-0.2, -0.15) is 0 Å². The summed E-state index contributed by atoms with van der Waals surface area (Å²) < 4.78 is 2.39. The summed E-state index contributed by atoms with van der Waals surface area (Å²) in [6.07, 6.45) is 4.70. The Morgan fingerprint density at radius 2 is 2.00 bits per heavy atom. The topological polar surface area (TPSA) is 41.9 Å². The zero-order chi connectivity index (χ0) is 14.5. The highest BCUT2D eigenvalue weighted by Gasteiger charge is 2.21. The Morgan fingerprint density at radius 1 is 1.30 bits per heavy atom. The molecule has 1 aliphatic heterocycles. The maximum absolute atomic E-state index is 4.94. The molecule has 0 atom stereocenters. The summed E-state index contributed by atoms with van der Waals surface area (Å²) in [5.74, 6) is 2.44. The summed E-state index contributed by atoms with van der Waals surface area (Å²) >= 11 is 0. The summed E-state index contributed by atoms with van der Waals surface area (Å²) in [5.41, 5.74) is 1.24. The molecule has 0 aliphatic carbocycles. The summed E-state index contributed by atoms with van der Waals surface area (Å²) in [5, 5.41) is 6.94. The zero-order valence-corrected chi connectivity index (χ0v) is 13.4. The van der Waals surface area contributed by atoms with Gasteiger partial charge in [0.1, 0.15) is 5.82 Å². The Morgan fingerprint density at radius 3 is 2.60 bits per heavy atom. The monoisotopic (exact) mass is 278 g/mol. The van der Waals surface area contributed by atoms with Crippen molar-refractivity contribution in [3.63, 3.8) is 0 Å². The molecule has 1 aromatic heterocycles. The number of hydrogen-bond acceptors (Lipinski definition) is 3. The molecule has 0 aromatic carbocycles. The van der Waals surface area contributed by atoms with E-state index >= 15 is 0 Å². The normalized spacial score (nSPS) is 17.3. The predicted molar refractivity (Wildman–Crippen MR) is 84.3 cm³/mol. The third-order valence-corrected chi connectivity index (χ3v) is 4.03. The van der Waals surface area contributed by atoms with Gasteiger partial charge in [0.2, 0.25) is 0 Å². The number of nitrogens with one attached hydrogen (secondary N) is 2. The Hall–Kier alpha value is -0.870.